The summed E-state index contributed by atoms with van der Waals surface area (Å²) >= 11 is 6.72. The first-order valence-corrected chi connectivity index (χ1v) is 9.65. The largest absolute Gasteiger partial charge is 0.435 e. The Morgan fingerprint density at radius 3 is 2.71 bits per heavy atom. The van der Waals surface area contributed by atoms with Gasteiger partial charge in [-0.05, 0) is 36.4 Å². The number of halogens is 3. The molecule has 0 aliphatic carbocycles. The highest BCUT2D eigenvalue weighted by atomic mass is 79.9. The molecule has 2 heterocycles. The Labute approximate surface area is 176 Å². The van der Waals surface area contributed by atoms with Crippen molar-refractivity contribution in [3.8, 4) is 11.6 Å². The summed E-state index contributed by atoms with van der Waals surface area (Å²) in [6.45, 7) is 0. The number of ether oxygens (including phenoxy) is 1. The van der Waals surface area contributed by atoms with Gasteiger partial charge in [-0.25, -0.2) is 9.37 Å². The smallest absolute Gasteiger partial charge is 0.248 e. The summed E-state index contributed by atoms with van der Waals surface area (Å²) in [4.78, 5) is 12.6. The number of pyridine rings is 1. The molecule has 9 heteroatoms. The summed E-state index contributed by atoms with van der Waals surface area (Å²) in [6, 6.07) is 12.0. The monoisotopic (exact) mass is 503 g/mol. The molecule has 0 radical (unpaired) electrons. The second-order valence-corrected chi connectivity index (χ2v) is 7.51. The predicted octanol–water partition coefficient (Wildman–Crippen LogP) is 5.81. The van der Waals surface area contributed by atoms with E-state index in [0.29, 0.717) is 15.7 Å². The van der Waals surface area contributed by atoms with E-state index in [-0.39, 0.29) is 23.1 Å². The summed E-state index contributed by atoms with van der Waals surface area (Å²) in [5.41, 5.74) is 7.20. The van der Waals surface area contributed by atoms with Crippen LogP contribution >= 0.6 is 31.9 Å². The zero-order chi connectivity index (χ0) is 19.7. The molecule has 140 valence electrons. The summed E-state index contributed by atoms with van der Waals surface area (Å²) in [5, 5.41) is 3.76. The lowest BCUT2D eigenvalue weighted by Gasteiger charge is -2.13. The summed E-state index contributed by atoms with van der Waals surface area (Å²) in [6.07, 6.45) is 2.97. The van der Waals surface area contributed by atoms with Crippen LogP contribution in [0.3, 0.4) is 0 Å². The molecule has 0 aliphatic rings. The molecule has 6 nitrogen and oxygen atoms in total. The van der Waals surface area contributed by atoms with E-state index >= 15 is 0 Å². The molecule has 3 N–H and O–H groups in total. The molecule has 0 unspecified atom stereocenters. The zero-order valence-corrected chi connectivity index (χ0v) is 17.3. The fraction of sp³-hybridized carbons (Fsp3) is 0. The van der Waals surface area contributed by atoms with Crippen molar-refractivity contribution in [2.75, 3.05) is 11.1 Å². The highest BCUT2D eigenvalue weighted by Crippen LogP contribution is 2.36. The van der Waals surface area contributed by atoms with E-state index in [0.717, 1.165) is 9.86 Å². The van der Waals surface area contributed by atoms with Gasteiger partial charge in [0.15, 0.2) is 11.6 Å². The molecule has 0 spiro atoms. The summed E-state index contributed by atoms with van der Waals surface area (Å²) in [7, 11) is 0. The van der Waals surface area contributed by atoms with Crippen molar-refractivity contribution in [1.82, 2.24) is 15.0 Å². The van der Waals surface area contributed by atoms with E-state index in [9.17, 15) is 4.39 Å². The third-order valence-electron chi connectivity index (χ3n) is 3.92. The molecule has 4 rings (SSSR count). The van der Waals surface area contributed by atoms with Gasteiger partial charge in [0.05, 0.1) is 5.69 Å². The van der Waals surface area contributed by atoms with Crippen LogP contribution in [0.25, 0.3) is 10.9 Å². The number of aromatic nitrogens is 3. The molecule has 0 atom stereocenters. The van der Waals surface area contributed by atoms with Gasteiger partial charge in [-0.2, -0.15) is 4.98 Å². The van der Waals surface area contributed by atoms with Gasteiger partial charge < -0.3 is 15.8 Å². The van der Waals surface area contributed by atoms with E-state index < -0.39 is 5.82 Å². The molecule has 28 heavy (non-hydrogen) atoms. The van der Waals surface area contributed by atoms with E-state index in [1.807, 2.05) is 18.2 Å². The van der Waals surface area contributed by atoms with Crippen molar-refractivity contribution in [3.63, 3.8) is 0 Å². The van der Waals surface area contributed by atoms with E-state index in [2.05, 4.69) is 52.1 Å². The molecule has 0 bridgehead atoms. The lowest BCUT2D eigenvalue weighted by atomic mass is 10.2. The Hall–Kier alpha value is -2.78. The molecule has 0 fully saturated rings. The van der Waals surface area contributed by atoms with Crippen LogP contribution in [-0.2, 0) is 0 Å². The predicted molar refractivity (Wildman–Crippen MR) is 113 cm³/mol. The van der Waals surface area contributed by atoms with Crippen LogP contribution in [0.15, 0.2) is 63.9 Å². The molecule has 2 aromatic carbocycles. The quantitative estimate of drug-likeness (QED) is 0.365. The van der Waals surface area contributed by atoms with Crippen LogP contribution in [0.5, 0.6) is 11.6 Å². The van der Waals surface area contributed by atoms with Crippen LogP contribution in [0.2, 0.25) is 0 Å². The molecule has 0 saturated carbocycles. The van der Waals surface area contributed by atoms with Gasteiger partial charge in [-0.3, -0.25) is 4.98 Å². The fourth-order valence-corrected chi connectivity index (χ4v) is 3.36. The number of benzene rings is 2. The lowest BCUT2D eigenvalue weighted by molar-refractivity contribution is 0.469. The van der Waals surface area contributed by atoms with Crippen molar-refractivity contribution < 1.29 is 9.13 Å². The summed E-state index contributed by atoms with van der Waals surface area (Å²) < 4.78 is 21.5. The molecule has 0 aliphatic heterocycles. The standard InChI is InChI=1S/C19H12Br2FN5O/c20-10-3-5-14(13(22)8-10)27-18-16(23)19(26-9-25-18)28-15-6-4-12(21)11-2-1-7-24-17(11)15/h1-9H,23H2,(H,25,26,27). The number of anilines is 3. The van der Waals surface area contributed by atoms with Gasteiger partial charge in [0.2, 0.25) is 5.88 Å². The van der Waals surface area contributed by atoms with E-state index in [4.69, 9.17) is 10.5 Å². The third-order valence-corrected chi connectivity index (χ3v) is 5.10. The minimum atomic E-state index is -0.446. The van der Waals surface area contributed by atoms with Crippen molar-refractivity contribution >= 4 is 60.0 Å². The molecular formula is C19H12Br2FN5O. The Morgan fingerprint density at radius 1 is 1.04 bits per heavy atom. The van der Waals surface area contributed by atoms with Gasteiger partial charge in [0.1, 0.15) is 23.3 Å². The number of fused-ring (bicyclic) bond motifs is 1. The first kappa shape index (κ1) is 18.6. The Morgan fingerprint density at radius 2 is 1.89 bits per heavy atom. The maximum Gasteiger partial charge on any atom is 0.248 e. The van der Waals surface area contributed by atoms with Crippen LogP contribution in [0.1, 0.15) is 0 Å². The Balaban J connectivity index is 1.69. The molecule has 2 aromatic heterocycles. The SMILES string of the molecule is Nc1c(Nc2ccc(Br)cc2F)ncnc1Oc1ccc(Br)c2cccnc12. The minimum Gasteiger partial charge on any atom is -0.435 e. The van der Waals surface area contributed by atoms with Crippen molar-refractivity contribution in [2.45, 2.75) is 0 Å². The van der Waals surface area contributed by atoms with E-state index in [1.165, 1.54) is 12.4 Å². The lowest BCUT2D eigenvalue weighted by Crippen LogP contribution is -2.04. The maximum absolute atomic E-state index is 14.1. The van der Waals surface area contributed by atoms with Gasteiger partial charge in [-0.1, -0.05) is 37.9 Å². The molecule has 0 amide bonds. The second kappa shape index (κ2) is 7.69. The number of nitrogens with one attached hydrogen (secondary N) is 1. The van der Waals surface area contributed by atoms with Crippen LogP contribution in [-0.4, -0.2) is 15.0 Å². The van der Waals surface area contributed by atoms with E-state index in [1.54, 1.807) is 24.4 Å². The van der Waals surface area contributed by atoms with Crippen molar-refractivity contribution in [2.24, 2.45) is 0 Å². The molecule has 4 aromatic rings. The van der Waals surface area contributed by atoms with Crippen molar-refractivity contribution in [3.05, 3.63) is 69.8 Å². The average molecular weight is 505 g/mol. The normalized spacial score (nSPS) is 10.8. The number of rotatable bonds is 4. The highest BCUT2D eigenvalue weighted by Gasteiger charge is 2.15. The number of nitrogens with zero attached hydrogens (tertiary/aromatic N) is 3. The Bertz CT molecular complexity index is 1190. The van der Waals surface area contributed by atoms with Crippen LogP contribution in [0.4, 0.5) is 21.6 Å². The number of hydrogen-bond acceptors (Lipinski definition) is 6. The average Bonchev–Trinajstić information content (AvgIpc) is 2.69. The highest BCUT2D eigenvalue weighted by molar-refractivity contribution is 9.11. The molecule has 0 saturated heterocycles. The minimum absolute atomic E-state index is 0.143. The molecular weight excluding hydrogens is 493 g/mol. The maximum atomic E-state index is 14.1. The van der Waals surface area contributed by atoms with Crippen LogP contribution in [0, 0.1) is 5.82 Å². The third kappa shape index (κ3) is 3.63. The fourth-order valence-electron chi connectivity index (χ4n) is 2.58. The number of nitrogen functional groups attached to an aromatic ring is 1. The number of nitrogens with two attached hydrogens (primary N) is 1. The van der Waals surface area contributed by atoms with Gasteiger partial charge >= 0.3 is 0 Å². The van der Waals surface area contributed by atoms with Crippen molar-refractivity contribution in [1.29, 1.82) is 0 Å². The van der Waals surface area contributed by atoms with Gasteiger partial charge in [0, 0.05) is 20.5 Å². The topological polar surface area (TPSA) is 86.0 Å². The van der Waals surface area contributed by atoms with Crippen LogP contribution < -0.4 is 15.8 Å². The second-order valence-electron chi connectivity index (χ2n) is 5.74. The first-order valence-electron chi connectivity index (χ1n) is 8.06. The first-order chi connectivity index (χ1) is 13.5. The number of hydrogen-bond donors (Lipinski definition) is 2. The van der Waals surface area contributed by atoms with Gasteiger partial charge in [-0.15, -0.1) is 0 Å². The van der Waals surface area contributed by atoms with Gasteiger partial charge in [0.25, 0.3) is 0 Å². The summed E-state index contributed by atoms with van der Waals surface area (Å²) in [5.74, 6) is 0.424. The zero-order valence-electron chi connectivity index (χ0n) is 14.2. The Kier molecular flexibility index (Phi) is 5.10.